The maximum absolute atomic E-state index is 12.5. The Kier molecular flexibility index (Phi) is 18.1. The van der Waals surface area contributed by atoms with Gasteiger partial charge in [-0.15, -0.1) is 0 Å². The van der Waals surface area contributed by atoms with Crippen molar-refractivity contribution in [1.29, 1.82) is 0 Å². The van der Waals surface area contributed by atoms with Gasteiger partial charge in [-0.2, -0.15) is 13.6 Å². The van der Waals surface area contributed by atoms with Crippen LogP contribution < -0.4 is 27.4 Å². The van der Waals surface area contributed by atoms with Gasteiger partial charge in [0, 0.05) is 38.5 Å². The maximum Gasteiger partial charge on any atom is 0.490 e. The predicted octanol–water partition coefficient (Wildman–Crippen LogP) is -0.707. The molecule has 50 heavy (non-hydrogen) atoms. The number of aliphatic hydroxyl groups is 1. The summed E-state index contributed by atoms with van der Waals surface area (Å²) in [6.07, 6.45) is 0.0114. The van der Waals surface area contributed by atoms with Crippen LogP contribution in [0.15, 0.2) is 11.0 Å². The Morgan fingerprint density at radius 3 is 2.30 bits per heavy atom. The molecule has 1 aliphatic heterocycles. The van der Waals surface area contributed by atoms with Crippen LogP contribution in [0.25, 0.3) is 0 Å². The molecule has 22 nitrogen and oxygen atoms in total. The van der Waals surface area contributed by atoms with Crippen molar-refractivity contribution in [2.45, 2.75) is 63.4 Å². The van der Waals surface area contributed by atoms with Gasteiger partial charge in [-0.25, -0.2) is 18.5 Å². The van der Waals surface area contributed by atoms with E-state index in [0.29, 0.717) is 36.8 Å². The summed E-state index contributed by atoms with van der Waals surface area (Å²) >= 11 is 1.98. The second-order valence-corrected chi connectivity index (χ2v) is 15.6. The summed E-state index contributed by atoms with van der Waals surface area (Å²) in [6.45, 7) is -0.157. The van der Waals surface area contributed by atoms with Crippen molar-refractivity contribution in [3.05, 3.63) is 22.2 Å². The minimum Gasteiger partial charge on any atom is -0.390 e. The quantitative estimate of drug-likeness (QED) is 0.0257. The van der Waals surface area contributed by atoms with Crippen LogP contribution in [0.4, 0.5) is 5.82 Å². The first-order valence-electron chi connectivity index (χ1n) is 14.7. The number of hydrogen-bond donors (Lipinski definition) is 9. The average molecular weight is 886 g/mol. The van der Waals surface area contributed by atoms with Crippen LogP contribution in [0.3, 0.4) is 0 Å². The number of nitrogens with one attached hydrogen (secondary N) is 3. The van der Waals surface area contributed by atoms with Crippen molar-refractivity contribution in [2.75, 3.05) is 36.4 Å². The van der Waals surface area contributed by atoms with Gasteiger partial charge in [0.25, 0.3) is 0 Å². The van der Waals surface area contributed by atoms with Gasteiger partial charge in [-0.3, -0.25) is 23.5 Å². The van der Waals surface area contributed by atoms with Gasteiger partial charge < -0.3 is 51.1 Å². The molecule has 0 aromatic carbocycles. The predicted molar refractivity (Wildman–Crippen MR) is 180 cm³/mol. The molecule has 5 atom stereocenters. The number of aromatic nitrogens is 2. The van der Waals surface area contributed by atoms with Crippen LogP contribution in [-0.2, 0) is 46.0 Å². The molecule has 3 unspecified atom stereocenters. The molecular weight excluding hydrogens is 848 g/mol. The van der Waals surface area contributed by atoms with Crippen LogP contribution in [0.5, 0.6) is 0 Å². The molecule has 0 spiro atoms. The van der Waals surface area contributed by atoms with E-state index in [4.69, 9.17) is 20.3 Å². The molecule has 0 bridgehead atoms. The number of phosphoric ester groups is 1. The lowest BCUT2D eigenvalue weighted by molar-refractivity contribution is -0.122. The Balaban J connectivity index is 1.79. The largest absolute Gasteiger partial charge is 0.490 e. The van der Waals surface area contributed by atoms with Crippen LogP contribution in [0.2, 0.25) is 0 Å². The van der Waals surface area contributed by atoms with Gasteiger partial charge in [0.2, 0.25) is 17.7 Å². The molecular formula is C24H38IN6O16P3. The van der Waals surface area contributed by atoms with Crippen LogP contribution in [0, 0.1) is 11.8 Å². The van der Waals surface area contributed by atoms with Crippen molar-refractivity contribution in [3.8, 4) is 11.8 Å². The summed E-state index contributed by atoms with van der Waals surface area (Å²) in [6, 6.07) is 0. The van der Waals surface area contributed by atoms with E-state index in [9.17, 15) is 47.8 Å². The molecule has 1 aliphatic rings. The Morgan fingerprint density at radius 1 is 0.980 bits per heavy atom. The van der Waals surface area contributed by atoms with Gasteiger partial charge >= 0.3 is 29.2 Å². The Morgan fingerprint density at radius 2 is 1.62 bits per heavy atom. The fourth-order valence-corrected chi connectivity index (χ4v) is 7.39. The molecule has 10 N–H and O–H groups in total. The Bertz CT molecular complexity index is 1610. The number of phosphoric acid groups is 3. The van der Waals surface area contributed by atoms with E-state index in [1.165, 1.54) is 6.20 Å². The fourth-order valence-electron chi connectivity index (χ4n) is 4.09. The van der Waals surface area contributed by atoms with E-state index in [1.807, 2.05) is 22.6 Å². The number of unbranched alkanes of at least 4 members (excludes halogenated alkanes) is 2. The first kappa shape index (κ1) is 43.9. The third kappa shape index (κ3) is 17.3. The number of nitrogens with zero attached hydrogens (tertiary/aromatic N) is 2. The normalized spacial score (nSPS) is 19.8. The molecule has 2 rings (SSSR count). The van der Waals surface area contributed by atoms with Crippen LogP contribution in [-0.4, -0.2) is 94.8 Å². The molecule has 1 saturated heterocycles. The van der Waals surface area contributed by atoms with E-state index in [0.717, 1.165) is 17.4 Å². The zero-order chi connectivity index (χ0) is 37.5. The van der Waals surface area contributed by atoms with Crippen LogP contribution >= 0.6 is 46.1 Å². The monoisotopic (exact) mass is 886 g/mol. The van der Waals surface area contributed by atoms with Gasteiger partial charge in [0.05, 0.1) is 29.2 Å². The summed E-state index contributed by atoms with van der Waals surface area (Å²) in [5, 5.41) is 18.4. The van der Waals surface area contributed by atoms with Crippen molar-refractivity contribution in [2.24, 2.45) is 0 Å². The molecule has 3 amide bonds. The maximum atomic E-state index is 12.5. The minimum atomic E-state index is -5.75. The highest BCUT2D eigenvalue weighted by Gasteiger charge is 2.43. The van der Waals surface area contributed by atoms with E-state index in [1.54, 1.807) is 0 Å². The molecule has 26 heteroatoms. The van der Waals surface area contributed by atoms with Gasteiger partial charge in [-0.05, 0) is 19.3 Å². The van der Waals surface area contributed by atoms with E-state index < -0.39 is 54.2 Å². The zero-order valence-electron chi connectivity index (χ0n) is 26.2. The van der Waals surface area contributed by atoms with E-state index in [2.05, 4.69) is 45.9 Å². The SMILES string of the molecule is Nc1nc(=O)n([C@H]2CC(O)[C@@H](COP(=O)(O)OP(=O)(O)OP(=O)(O)O)O2)cc1C#CCNC(=O)CCCNC(=O)CCCCCNC(=O)CI. The van der Waals surface area contributed by atoms with E-state index in [-0.39, 0.29) is 48.5 Å². The summed E-state index contributed by atoms with van der Waals surface area (Å²) in [5.41, 5.74) is 4.94. The Hall–Kier alpha value is -2.29. The molecule has 0 radical (unpaired) electrons. The average Bonchev–Trinajstić information content (AvgIpc) is 3.36. The molecule has 1 fully saturated rings. The van der Waals surface area contributed by atoms with Crippen molar-refractivity contribution in [3.63, 3.8) is 0 Å². The molecule has 1 aromatic rings. The first-order valence-corrected chi connectivity index (χ1v) is 20.7. The Labute approximate surface area is 298 Å². The number of amides is 3. The molecule has 0 aliphatic carbocycles. The number of aliphatic hydroxyl groups excluding tert-OH is 1. The number of hydrogen-bond acceptors (Lipinski definition) is 14. The van der Waals surface area contributed by atoms with Crippen molar-refractivity contribution >= 4 is 69.6 Å². The fraction of sp³-hybridized carbons (Fsp3) is 0.625. The minimum absolute atomic E-state index is 0.0231. The lowest BCUT2D eigenvalue weighted by Crippen LogP contribution is -2.29. The number of anilines is 1. The number of rotatable bonds is 20. The number of carbonyl (C=O) groups excluding carboxylic acids is 3. The zero-order valence-corrected chi connectivity index (χ0v) is 31.1. The third-order valence-electron chi connectivity index (χ3n) is 6.34. The van der Waals surface area contributed by atoms with Crippen molar-refractivity contribution in [1.82, 2.24) is 25.5 Å². The topological polar surface area (TPSA) is 337 Å². The molecule has 2 heterocycles. The van der Waals surface area contributed by atoms with Crippen molar-refractivity contribution < 1.29 is 70.6 Å². The summed E-state index contributed by atoms with van der Waals surface area (Å²) in [4.78, 5) is 87.4. The van der Waals surface area contributed by atoms with Gasteiger partial charge in [0.1, 0.15) is 18.1 Å². The lowest BCUT2D eigenvalue weighted by atomic mass is 10.2. The standard InChI is InChI=1S/C24H38IN6O16P3/c25-13-21(35)29-9-3-1-2-7-19(33)28-11-5-8-20(34)27-10-4-6-16-14-31(24(36)30-23(16)26)22-12-17(32)18(45-22)15-44-49(40,41)47-50(42,43)46-48(37,38)39/h14,17-18,22,32H,1-3,5,7-13,15H2,(H,27,34)(H,28,33)(H,29,35)(H,40,41)(H,42,43)(H2,26,30,36)(H2,37,38,39)/t17?,18-,22-/m1/s1. The number of alkyl halides is 1. The number of halogens is 1. The third-order valence-corrected chi connectivity index (χ3v) is 10.8. The second kappa shape index (κ2) is 20.7. The lowest BCUT2D eigenvalue weighted by Gasteiger charge is -2.19. The number of ether oxygens (including phenoxy) is 1. The number of carbonyl (C=O) groups is 3. The first-order chi connectivity index (χ1) is 23.3. The summed E-state index contributed by atoms with van der Waals surface area (Å²) < 4.78 is 52.7. The van der Waals surface area contributed by atoms with Gasteiger partial charge in [0.15, 0.2) is 0 Å². The molecule has 1 aromatic heterocycles. The van der Waals surface area contributed by atoms with Crippen LogP contribution in [0.1, 0.15) is 56.7 Å². The number of nitrogens with two attached hydrogens (primary N) is 1. The number of nitrogen functional groups attached to an aromatic ring is 1. The molecule has 0 saturated carbocycles. The van der Waals surface area contributed by atoms with E-state index >= 15 is 0 Å². The highest BCUT2D eigenvalue weighted by Crippen LogP contribution is 2.66. The smallest absolute Gasteiger partial charge is 0.390 e. The highest BCUT2D eigenvalue weighted by molar-refractivity contribution is 14.1. The highest BCUT2D eigenvalue weighted by atomic mass is 127. The summed E-state index contributed by atoms with van der Waals surface area (Å²) in [7, 11) is -16.8. The summed E-state index contributed by atoms with van der Waals surface area (Å²) in [5.74, 6) is 4.59. The molecule has 282 valence electrons. The van der Waals surface area contributed by atoms with Gasteiger partial charge in [-0.1, -0.05) is 40.9 Å². The second-order valence-electron chi connectivity index (χ2n) is 10.4.